The molecule has 0 aliphatic carbocycles. The van der Waals surface area contributed by atoms with Crippen LogP contribution in [0.5, 0.6) is 5.75 Å². The summed E-state index contributed by atoms with van der Waals surface area (Å²) < 4.78 is 18.4. The molecule has 5 nitrogen and oxygen atoms in total. The average Bonchev–Trinajstić information content (AvgIpc) is 2.72. The second kappa shape index (κ2) is 9.35. The molecule has 2 amide bonds. The molecule has 148 valence electrons. The van der Waals surface area contributed by atoms with Gasteiger partial charge >= 0.3 is 0 Å². The standard InChI is InChI=1S/C22H25FN2O3/c1-28-20-8-5-16(6-9-20)11-12-25-15-18(7-10-21(25)26)22(27)24-14-17-3-2-4-19(23)13-17/h2-6,8-9,13,18H,7,10-12,14-15H2,1H3,(H,24,27). The van der Waals surface area contributed by atoms with Gasteiger partial charge in [0.25, 0.3) is 0 Å². The predicted molar refractivity (Wildman–Crippen MR) is 104 cm³/mol. The summed E-state index contributed by atoms with van der Waals surface area (Å²) in [5.74, 6) is 0.239. The fraction of sp³-hybridized carbons (Fsp3) is 0.364. The van der Waals surface area contributed by atoms with Gasteiger partial charge < -0.3 is 15.0 Å². The predicted octanol–water partition coefficient (Wildman–Crippen LogP) is 2.93. The number of hydrogen-bond acceptors (Lipinski definition) is 3. The third-order valence-corrected chi connectivity index (χ3v) is 5.06. The van der Waals surface area contributed by atoms with Gasteiger partial charge in [-0.2, -0.15) is 0 Å². The number of piperidine rings is 1. The van der Waals surface area contributed by atoms with Gasteiger partial charge in [-0.25, -0.2) is 4.39 Å². The van der Waals surface area contributed by atoms with E-state index in [1.807, 2.05) is 24.3 Å². The van der Waals surface area contributed by atoms with E-state index in [4.69, 9.17) is 4.74 Å². The highest BCUT2D eigenvalue weighted by Gasteiger charge is 2.29. The number of carbonyl (C=O) groups is 2. The third-order valence-electron chi connectivity index (χ3n) is 5.06. The van der Waals surface area contributed by atoms with Gasteiger partial charge in [-0.05, 0) is 48.2 Å². The maximum Gasteiger partial charge on any atom is 0.225 e. The van der Waals surface area contributed by atoms with Crippen molar-refractivity contribution in [2.75, 3.05) is 20.2 Å². The topological polar surface area (TPSA) is 58.6 Å². The second-order valence-corrected chi connectivity index (χ2v) is 7.02. The van der Waals surface area contributed by atoms with Gasteiger partial charge in [-0.15, -0.1) is 0 Å². The molecule has 0 bridgehead atoms. The molecule has 1 atom stereocenters. The van der Waals surface area contributed by atoms with Crippen molar-refractivity contribution in [3.05, 3.63) is 65.5 Å². The molecule has 1 fully saturated rings. The monoisotopic (exact) mass is 384 g/mol. The molecule has 6 heteroatoms. The molecule has 1 aliphatic heterocycles. The van der Waals surface area contributed by atoms with E-state index >= 15 is 0 Å². The summed E-state index contributed by atoms with van der Waals surface area (Å²) in [6.45, 7) is 1.29. The Labute approximate surface area is 164 Å². The van der Waals surface area contributed by atoms with Crippen LogP contribution < -0.4 is 10.1 Å². The van der Waals surface area contributed by atoms with E-state index in [0.29, 0.717) is 25.9 Å². The number of amides is 2. The minimum atomic E-state index is -0.320. The Morgan fingerprint density at radius 2 is 2.00 bits per heavy atom. The fourth-order valence-electron chi connectivity index (χ4n) is 3.38. The number of halogens is 1. The second-order valence-electron chi connectivity index (χ2n) is 7.02. The zero-order valence-electron chi connectivity index (χ0n) is 16.0. The lowest BCUT2D eigenvalue weighted by Gasteiger charge is -2.32. The zero-order chi connectivity index (χ0) is 19.9. The Morgan fingerprint density at radius 1 is 1.21 bits per heavy atom. The van der Waals surface area contributed by atoms with Crippen molar-refractivity contribution < 1.29 is 18.7 Å². The highest BCUT2D eigenvalue weighted by atomic mass is 19.1. The van der Waals surface area contributed by atoms with Crippen LogP contribution in [0.2, 0.25) is 0 Å². The average molecular weight is 384 g/mol. The molecular weight excluding hydrogens is 359 g/mol. The van der Waals surface area contributed by atoms with Crippen LogP contribution in [0.25, 0.3) is 0 Å². The first-order chi connectivity index (χ1) is 13.5. The van der Waals surface area contributed by atoms with Crippen molar-refractivity contribution in [3.8, 4) is 5.75 Å². The first-order valence-electron chi connectivity index (χ1n) is 9.48. The molecule has 0 aromatic heterocycles. The lowest BCUT2D eigenvalue weighted by molar-refractivity contribution is -0.138. The van der Waals surface area contributed by atoms with E-state index < -0.39 is 0 Å². The van der Waals surface area contributed by atoms with Gasteiger partial charge in [0.05, 0.1) is 13.0 Å². The number of carbonyl (C=O) groups excluding carboxylic acids is 2. The van der Waals surface area contributed by atoms with Gasteiger partial charge in [-0.1, -0.05) is 24.3 Å². The minimum Gasteiger partial charge on any atom is -0.497 e. The van der Waals surface area contributed by atoms with Crippen molar-refractivity contribution in [3.63, 3.8) is 0 Å². The lowest BCUT2D eigenvalue weighted by Crippen LogP contribution is -2.46. The number of rotatable bonds is 7. The molecule has 0 spiro atoms. The maximum atomic E-state index is 13.2. The van der Waals surface area contributed by atoms with Crippen LogP contribution in [0.15, 0.2) is 48.5 Å². The molecule has 1 unspecified atom stereocenters. The summed E-state index contributed by atoms with van der Waals surface area (Å²) in [4.78, 5) is 26.5. The number of nitrogens with zero attached hydrogens (tertiary/aromatic N) is 1. The largest absolute Gasteiger partial charge is 0.497 e. The summed E-state index contributed by atoms with van der Waals surface area (Å²) in [5, 5.41) is 2.86. The van der Waals surface area contributed by atoms with Crippen LogP contribution in [0.1, 0.15) is 24.0 Å². The Balaban J connectivity index is 1.51. The van der Waals surface area contributed by atoms with Crippen molar-refractivity contribution in [2.24, 2.45) is 5.92 Å². The molecule has 2 aromatic rings. The highest BCUT2D eigenvalue weighted by Crippen LogP contribution is 2.19. The van der Waals surface area contributed by atoms with Gasteiger partial charge in [0, 0.05) is 26.1 Å². The maximum absolute atomic E-state index is 13.2. The molecular formula is C22H25FN2O3. The van der Waals surface area contributed by atoms with E-state index in [9.17, 15) is 14.0 Å². The van der Waals surface area contributed by atoms with Crippen LogP contribution in [0.3, 0.4) is 0 Å². The summed E-state index contributed by atoms with van der Waals surface area (Å²) >= 11 is 0. The molecule has 0 radical (unpaired) electrons. The van der Waals surface area contributed by atoms with Gasteiger partial charge in [0.15, 0.2) is 0 Å². The van der Waals surface area contributed by atoms with E-state index in [2.05, 4.69) is 5.32 Å². The number of benzene rings is 2. The highest BCUT2D eigenvalue weighted by molar-refractivity contribution is 5.83. The molecule has 1 saturated heterocycles. The van der Waals surface area contributed by atoms with Gasteiger partial charge in [0.1, 0.15) is 11.6 Å². The molecule has 1 N–H and O–H groups in total. The molecule has 3 rings (SSSR count). The smallest absolute Gasteiger partial charge is 0.225 e. The number of methoxy groups -OCH3 is 1. The Hall–Kier alpha value is -2.89. The molecule has 1 heterocycles. The van der Waals surface area contributed by atoms with Crippen LogP contribution in [0, 0.1) is 11.7 Å². The molecule has 0 saturated carbocycles. The molecule has 2 aromatic carbocycles. The summed E-state index contributed by atoms with van der Waals surface area (Å²) in [6, 6.07) is 13.9. The molecule has 28 heavy (non-hydrogen) atoms. The SMILES string of the molecule is COc1ccc(CCN2CC(C(=O)NCc3cccc(F)c3)CCC2=O)cc1. The van der Waals surface area contributed by atoms with E-state index in [-0.39, 0.29) is 30.1 Å². The van der Waals surface area contributed by atoms with Crippen molar-refractivity contribution in [1.29, 1.82) is 0 Å². The van der Waals surface area contributed by atoms with Crippen molar-refractivity contribution >= 4 is 11.8 Å². The van der Waals surface area contributed by atoms with E-state index in [1.54, 1.807) is 24.1 Å². The first-order valence-corrected chi connectivity index (χ1v) is 9.48. The lowest BCUT2D eigenvalue weighted by atomic mass is 9.96. The quantitative estimate of drug-likeness (QED) is 0.799. The van der Waals surface area contributed by atoms with Crippen LogP contribution in [-0.2, 0) is 22.6 Å². The number of ether oxygens (including phenoxy) is 1. The van der Waals surface area contributed by atoms with Gasteiger partial charge in [0.2, 0.25) is 11.8 Å². The molecule has 1 aliphatic rings. The Kier molecular flexibility index (Phi) is 6.63. The van der Waals surface area contributed by atoms with Crippen molar-refractivity contribution in [1.82, 2.24) is 10.2 Å². The van der Waals surface area contributed by atoms with E-state index in [0.717, 1.165) is 23.3 Å². The minimum absolute atomic E-state index is 0.0858. The van der Waals surface area contributed by atoms with Crippen LogP contribution in [0.4, 0.5) is 4.39 Å². The third kappa shape index (κ3) is 5.31. The fourth-order valence-corrected chi connectivity index (χ4v) is 3.38. The van der Waals surface area contributed by atoms with Crippen LogP contribution >= 0.6 is 0 Å². The zero-order valence-corrected chi connectivity index (χ0v) is 16.0. The number of hydrogen-bond donors (Lipinski definition) is 1. The van der Waals surface area contributed by atoms with E-state index in [1.165, 1.54) is 12.1 Å². The Morgan fingerprint density at radius 3 is 2.71 bits per heavy atom. The number of likely N-dealkylation sites (tertiary alicyclic amines) is 1. The summed E-state index contributed by atoms with van der Waals surface area (Å²) in [5.41, 5.74) is 1.84. The van der Waals surface area contributed by atoms with Crippen molar-refractivity contribution in [2.45, 2.75) is 25.8 Å². The first kappa shape index (κ1) is 19.9. The Bertz CT molecular complexity index is 823. The normalized spacial score (nSPS) is 16.7. The van der Waals surface area contributed by atoms with Gasteiger partial charge in [-0.3, -0.25) is 9.59 Å². The summed E-state index contributed by atoms with van der Waals surface area (Å²) in [7, 11) is 1.63. The number of nitrogens with one attached hydrogen (secondary N) is 1. The van der Waals surface area contributed by atoms with Crippen LogP contribution in [-0.4, -0.2) is 36.9 Å². The summed E-state index contributed by atoms with van der Waals surface area (Å²) in [6.07, 6.45) is 1.65.